The normalized spacial score (nSPS) is 16.2. The van der Waals surface area contributed by atoms with Crippen molar-refractivity contribution in [2.45, 2.75) is 32.5 Å². The van der Waals surface area contributed by atoms with E-state index in [4.69, 9.17) is 5.73 Å². The fourth-order valence-electron chi connectivity index (χ4n) is 4.37. The summed E-state index contributed by atoms with van der Waals surface area (Å²) in [5.74, 6) is 0. The number of nitrogens with zero attached hydrogens (tertiary/aromatic N) is 5. The van der Waals surface area contributed by atoms with Crippen molar-refractivity contribution in [2.24, 2.45) is 10.7 Å². The van der Waals surface area contributed by atoms with Crippen molar-refractivity contribution < 1.29 is 0 Å². The molecule has 1 atom stereocenters. The van der Waals surface area contributed by atoms with E-state index in [0.717, 1.165) is 53.3 Å². The predicted octanol–water partition coefficient (Wildman–Crippen LogP) is 3.87. The third kappa shape index (κ3) is 4.43. The minimum Gasteiger partial charge on any atom is -0.404 e. The lowest BCUT2D eigenvalue weighted by Gasteiger charge is -2.22. The van der Waals surface area contributed by atoms with Crippen LogP contribution < -0.4 is 11.1 Å². The summed E-state index contributed by atoms with van der Waals surface area (Å²) in [5.41, 5.74) is 14.6. The van der Waals surface area contributed by atoms with Gasteiger partial charge in [-0.1, -0.05) is 29.5 Å². The third-order valence-corrected chi connectivity index (χ3v) is 5.76. The lowest BCUT2D eigenvalue weighted by Crippen LogP contribution is -2.14. The molecule has 1 aliphatic rings. The maximum Gasteiger partial charge on any atom is 0.0918 e. The highest BCUT2D eigenvalue weighted by Crippen LogP contribution is 2.38. The van der Waals surface area contributed by atoms with Crippen LogP contribution in [0.15, 0.2) is 53.7 Å². The van der Waals surface area contributed by atoms with Crippen molar-refractivity contribution in [1.29, 1.82) is 0 Å². The number of fused-ring (bicyclic) bond motifs is 3. The van der Waals surface area contributed by atoms with Gasteiger partial charge in [0.15, 0.2) is 0 Å². The number of anilines is 1. The molecule has 0 bridgehead atoms. The van der Waals surface area contributed by atoms with Crippen molar-refractivity contribution in [2.75, 3.05) is 26.5 Å². The van der Waals surface area contributed by atoms with Gasteiger partial charge in [-0.3, -0.25) is 4.99 Å². The summed E-state index contributed by atoms with van der Waals surface area (Å²) in [4.78, 5) is 6.34. The maximum absolute atomic E-state index is 5.90. The van der Waals surface area contributed by atoms with Gasteiger partial charge in [0, 0.05) is 49.4 Å². The Labute approximate surface area is 189 Å². The third-order valence-electron chi connectivity index (χ3n) is 5.76. The molecule has 3 aromatic rings. The molecular formula is C25H31N7. The molecule has 0 fully saturated rings. The Morgan fingerprint density at radius 1 is 1.28 bits per heavy atom. The molecule has 32 heavy (non-hydrogen) atoms. The van der Waals surface area contributed by atoms with Crippen LogP contribution in [0.3, 0.4) is 0 Å². The molecule has 7 heteroatoms. The summed E-state index contributed by atoms with van der Waals surface area (Å²) in [6.45, 7) is 3.72. The number of hydrogen-bond acceptors (Lipinski definition) is 6. The SMILES string of the molecule is CN=CC(=CN)c1ccc2c(c1)C(Nc1cccc(CN(C)C)c1)CCn1nnc(C)c1-2. The van der Waals surface area contributed by atoms with E-state index < -0.39 is 0 Å². The number of aryl methyl sites for hydroxylation is 2. The second-order valence-electron chi connectivity index (χ2n) is 8.48. The predicted molar refractivity (Wildman–Crippen MR) is 132 cm³/mol. The maximum atomic E-state index is 5.90. The molecule has 7 nitrogen and oxygen atoms in total. The van der Waals surface area contributed by atoms with Gasteiger partial charge in [0.2, 0.25) is 0 Å². The number of benzene rings is 2. The van der Waals surface area contributed by atoms with Gasteiger partial charge in [-0.15, -0.1) is 5.10 Å². The lowest BCUT2D eigenvalue weighted by atomic mass is 9.92. The van der Waals surface area contributed by atoms with E-state index in [-0.39, 0.29) is 6.04 Å². The molecule has 4 rings (SSSR count). The standard InChI is InChI=1S/C25H31N7/c1-17-25-22-9-8-19(20(14-26)15-27-2)13-23(22)24(10-11-32(25)30-29-17)28-21-7-5-6-18(12-21)16-31(3)4/h5-9,12-15,24,28H,10-11,16,26H2,1-4H3. The van der Waals surface area contributed by atoms with Crippen molar-refractivity contribution in [1.82, 2.24) is 19.9 Å². The topological polar surface area (TPSA) is 84.4 Å². The van der Waals surface area contributed by atoms with Crippen LogP contribution in [0.25, 0.3) is 16.8 Å². The van der Waals surface area contributed by atoms with Gasteiger partial charge in [-0.25, -0.2) is 4.68 Å². The molecule has 0 radical (unpaired) electrons. The second-order valence-corrected chi connectivity index (χ2v) is 8.48. The average Bonchev–Trinajstić information content (AvgIpc) is 3.06. The molecule has 0 saturated carbocycles. The number of aromatic nitrogens is 3. The van der Waals surface area contributed by atoms with E-state index in [0.29, 0.717) is 0 Å². The van der Waals surface area contributed by atoms with Crippen LogP contribution in [-0.2, 0) is 13.1 Å². The highest BCUT2D eigenvalue weighted by Gasteiger charge is 2.26. The molecule has 1 aliphatic heterocycles. The fraction of sp³-hybridized carbons (Fsp3) is 0.320. The number of rotatable bonds is 6. The van der Waals surface area contributed by atoms with Crippen molar-refractivity contribution in [3.05, 3.63) is 71.0 Å². The Morgan fingerprint density at radius 3 is 2.88 bits per heavy atom. The van der Waals surface area contributed by atoms with Crippen LogP contribution in [-0.4, -0.2) is 47.3 Å². The van der Waals surface area contributed by atoms with Crippen LogP contribution in [0, 0.1) is 6.92 Å². The van der Waals surface area contributed by atoms with Gasteiger partial charge >= 0.3 is 0 Å². The summed E-state index contributed by atoms with van der Waals surface area (Å²) in [5, 5.41) is 12.5. The molecule has 0 amide bonds. The summed E-state index contributed by atoms with van der Waals surface area (Å²) in [6.07, 6.45) is 4.30. The smallest absolute Gasteiger partial charge is 0.0918 e. The number of hydrogen-bond donors (Lipinski definition) is 2. The van der Waals surface area contributed by atoms with Gasteiger partial charge < -0.3 is 16.0 Å². The van der Waals surface area contributed by atoms with E-state index >= 15 is 0 Å². The summed E-state index contributed by atoms with van der Waals surface area (Å²) < 4.78 is 2.02. The minimum absolute atomic E-state index is 0.123. The van der Waals surface area contributed by atoms with Crippen molar-refractivity contribution >= 4 is 17.5 Å². The van der Waals surface area contributed by atoms with E-state index in [1.165, 1.54) is 11.1 Å². The van der Waals surface area contributed by atoms with E-state index in [1.54, 1.807) is 19.5 Å². The first-order valence-corrected chi connectivity index (χ1v) is 10.9. The summed E-state index contributed by atoms with van der Waals surface area (Å²) in [6, 6.07) is 15.2. The van der Waals surface area contributed by atoms with Gasteiger partial charge in [0.25, 0.3) is 0 Å². The van der Waals surface area contributed by atoms with E-state index in [2.05, 4.69) is 82.1 Å². The lowest BCUT2D eigenvalue weighted by molar-refractivity contribution is 0.402. The van der Waals surface area contributed by atoms with Gasteiger partial charge in [-0.2, -0.15) is 0 Å². The molecule has 3 N–H and O–H groups in total. The monoisotopic (exact) mass is 429 g/mol. The Bertz CT molecular complexity index is 1160. The average molecular weight is 430 g/mol. The van der Waals surface area contributed by atoms with Crippen LogP contribution >= 0.6 is 0 Å². The largest absolute Gasteiger partial charge is 0.404 e. The molecule has 166 valence electrons. The molecule has 2 aromatic carbocycles. The highest BCUT2D eigenvalue weighted by molar-refractivity contribution is 6.09. The first-order valence-electron chi connectivity index (χ1n) is 10.9. The Balaban J connectivity index is 1.77. The van der Waals surface area contributed by atoms with Crippen LogP contribution in [0.2, 0.25) is 0 Å². The quantitative estimate of drug-likeness (QED) is 0.581. The minimum atomic E-state index is 0.123. The summed E-state index contributed by atoms with van der Waals surface area (Å²) in [7, 11) is 5.93. The van der Waals surface area contributed by atoms with E-state index in [1.807, 2.05) is 11.6 Å². The number of allylic oxidation sites excluding steroid dienone is 1. The van der Waals surface area contributed by atoms with Crippen molar-refractivity contribution in [3.8, 4) is 11.3 Å². The van der Waals surface area contributed by atoms with Gasteiger partial charge in [0.05, 0.1) is 17.4 Å². The van der Waals surface area contributed by atoms with Gasteiger partial charge in [-0.05, 0) is 62.3 Å². The van der Waals surface area contributed by atoms with E-state index in [9.17, 15) is 0 Å². The zero-order chi connectivity index (χ0) is 22.7. The van der Waals surface area contributed by atoms with Crippen LogP contribution in [0.1, 0.15) is 34.8 Å². The van der Waals surface area contributed by atoms with Crippen LogP contribution in [0.5, 0.6) is 0 Å². The number of nitrogens with one attached hydrogen (secondary N) is 1. The Kier molecular flexibility index (Phi) is 6.37. The molecular weight excluding hydrogens is 398 g/mol. The first kappa shape index (κ1) is 21.8. The first-order chi connectivity index (χ1) is 15.5. The van der Waals surface area contributed by atoms with Crippen LogP contribution in [0.4, 0.5) is 5.69 Å². The molecule has 2 heterocycles. The molecule has 1 aromatic heterocycles. The van der Waals surface area contributed by atoms with Gasteiger partial charge in [0.1, 0.15) is 0 Å². The fourth-order valence-corrected chi connectivity index (χ4v) is 4.37. The molecule has 0 saturated heterocycles. The molecule has 1 unspecified atom stereocenters. The second kappa shape index (κ2) is 9.36. The highest BCUT2D eigenvalue weighted by atomic mass is 15.4. The van der Waals surface area contributed by atoms with Crippen molar-refractivity contribution in [3.63, 3.8) is 0 Å². The number of aliphatic imine (C=N–C) groups is 1. The molecule has 0 spiro atoms. The Morgan fingerprint density at radius 2 is 2.12 bits per heavy atom. The zero-order valence-electron chi connectivity index (χ0n) is 19.2. The Hall–Kier alpha value is -3.45. The number of nitrogens with two attached hydrogens (primary N) is 1. The summed E-state index contributed by atoms with van der Waals surface area (Å²) >= 11 is 0. The molecule has 0 aliphatic carbocycles. The zero-order valence-corrected chi connectivity index (χ0v) is 19.2.